The molecular weight excluding hydrogens is 392 g/mol. The van der Waals surface area contributed by atoms with Crippen LogP contribution in [-0.4, -0.2) is 32.4 Å². The van der Waals surface area contributed by atoms with Crippen LogP contribution >= 0.6 is 0 Å². The van der Waals surface area contributed by atoms with E-state index in [1.165, 1.54) is 0 Å². The van der Waals surface area contributed by atoms with Gasteiger partial charge in [-0.15, -0.1) is 0 Å². The number of hydrazone groups is 1. The Morgan fingerprint density at radius 1 is 0.871 bits per heavy atom. The van der Waals surface area contributed by atoms with E-state index in [0.29, 0.717) is 23.7 Å². The van der Waals surface area contributed by atoms with Crippen LogP contribution in [0.1, 0.15) is 18.9 Å². The molecule has 31 heavy (non-hydrogen) atoms. The smallest absolute Gasteiger partial charge is 0.277 e. The summed E-state index contributed by atoms with van der Waals surface area (Å²) in [6.07, 6.45) is 0.632. The van der Waals surface area contributed by atoms with Crippen LogP contribution in [0, 0.1) is 0 Å². The van der Waals surface area contributed by atoms with Gasteiger partial charge < -0.3 is 14.2 Å². The third-order valence-corrected chi connectivity index (χ3v) is 4.70. The average Bonchev–Trinajstić information content (AvgIpc) is 2.83. The van der Waals surface area contributed by atoms with Gasteiger partial charge in [0.2, 0.25) is 0 Å². The fraction of sp³-hybridized carbons (Fsp3) is 0.200. The number of carbonyl (C=O) groups excluding carboxylic acids is 1. The Kier molecular flexibility index (Phi) is 7.65. The first-order valence-electron chi connectivity index (χ1n) is 10.0. The molecule has 1 amide bonds. The van der Waals surface area contributed by atoms with Crippen molar-refractivity contribution in [2.45, 2.75) is 13.3 Å². The normalized spacial score (nSPS) is 11.0. The number of carbonyl (C=O) groups is 1. The summed E-state index contributed by atoms with van der Waals surface area (Å²) in [7, 11) is 3.17. The molecule has 3 aromatic rings. The number of ether oxygens (including phenoxy) is 3. The van der Waals surface area contributed by atoms with Crippen LogP contribution in [0.15, 0.2) is 77.9 Å². The molecule has 0 aliphatic heterocycles. The number of methoxy groups -OCH3 is 2. The van der Waals surface area contributed by atoms with Crippen molar-refractivity contribution in [2.24, 2.45) is 5.10 Å². The fourth-order valence-corrected chi connectivity index (χ4v) is 3.12. The van der Waals surface area contributed by atoms with Gasteiger partial charge in [-0.25, -0.2) is 5.43 Å². The van der Waals surface area contributed by atoms with Gasteiger partial charge in [0, 0.05) is 11.1 Å². The predicted octanol–water partition coefficient (Wildman–Crippen LogP) is 4.68. The minimum absolute atomic E-state index is 0.143. The SMILES string of the molecule is CC/C(=N\NC(=O)COc1ccccc1-c1ccccc1)c1ccc(OC)c(OC)c1. The van der Waals surface area contributed by atoms with Gasteiger partial charge >= 0.3 is 0 Å². The number of nitrogens with one attached hydrogen (secondary N) is 1. The second-order valence-corrected chi connectivity index (χ2v) is 6.67. The van der Waals surface area contributed by atoms with E-state index < -0.39 is 0 Å². The standard InChI is InChI=1S/C25H26N2O4/c1-4-21(19-14-15-23(29-2)24(16-19)30-3)26-27-25(28)17-31-22-13-9-8-12-20(22)18-10-6-5-7-11-18/h5-16H,4,17H2,1-3H3,(H,27,28)/b26-21+. The molecule has 0 atom stereocenters. The topological polar surface area (TPSA) is 69.2 Å². The van der Waals surface area contributed by atoms with Crippen molar-refractivity contribution in [3.63, 3.8) is 0 Å². The van der Waals surface area contributed by atoms with Crippen LogP contribution in [0.5, 0.6) is 17.2 Å². The van der Waals surface area contributed by atoms with E-state index in [1.807, 2.05) is 79.7 Å². The highest BCUT2D eigenvalue weighted by Gasteiger charge is 2.11. The van der Waals surface area contributed by atoms with Gasteiger partial charge in [0.25, 0.3) is 5.91 Å². The van der Waals surface area contributed by atoms with E-state index in [-0.39, 0.29) is 12.5 Å². The van der Waals surface area contributed by atoms with E-state index in [0.717, 1.165) is 22.4 Å². The lowest BCUT2D eigenvalue weighted by atomic mass is 10.1. The molecule has 0 aliphatic carbocycles. The highest BCUT2D eigenvalue weighted by Crippen LogP contribution is 2.30. The lowest BCUT2D eigenvalue weighted by Gasteiger charge is -2.12. The summed E-state index contributed by atoms with van der Waals surface area (Å²) in [4.78, 5) is 12.4. The second kappa shape index (κ2) is 10.8. The zero-order valence-electron chi connectivity index (χ0n) is 17.9. The number of amides is 1. The maximum Gasteiger partial charge on any atom is 0.277 e. The summed E-state index contributed by atoms with van der Waals surface area (Å²) in [6.45, 7) is 1.82. The molecule has 0 saturated carbocycles. The van der Waals surface area contributed by atoms with Gasteiger partial charge in [-0.3, -0.25) is 4.79 Å². The lowest BCUT2D eigenvalue weighted by molar-refractivity contribution is -0.123. The first kappa shape index (κ1) is 21.9. The number of hydrogen-bond donors (Lipinski definition) is 1. The van der Waals surface area contributed by atoms with Crippen molar-refractivity contribution in [3.8, 4) is 28.4 Å². The third-order valence-electron chi connectivity index (χ3n) is 4.70. The summed E-state index contributed by atoms with van der Waals surface area (Å²) >= 11 is 0. The Bertz CT molecular complexity index is 1050. The van der Waals surface area contributed by atoms with Gasteiger partial charge in [-0.2, -0.15) is 5.10 Å². The van der Waals surface area contributed by atoms with Crippen LogP contribution < -0.4 is 19.6 Å². The van der Waals surface area contributed by atoms with Gasteiger partial charge in [0.15, 0.2) is 18.1 Å². The molecule has 1 N–H and O–H groups in total. The molecule has 0 fully saturated rings. The maximum atomic E-state index is 12.4. The molecule has 0 aromatic heterocycles. The molecule has 160 valence electrons. The summed E-state index contributed by atoms with van der Waals surface area (Å²) in [5.74, 6) is 1.54. The van der Waals surface area contributed by atoms with Gasteiger partial charge in [-0.05, 0) is 36.2 Å². The zero-order chi connectivity index (χ0) is 22.1. The average molecular weight is 418 g/mol. The Morgan fingerprint density at radius 3 is 2.29 bits per heavy atom. The van der Waals surface area contributed by atoms with E-state index in [9.17, 15) is 4.79 Å². The van der Waals surface area contributed by atoms with E-state index in [1.54, 1.807) is 14.2 Å². The summed E-state index contributed by atoms with van der Waals surface area (Å²) in [6, 6.07) is 23.1. The zero-order valence-corrected chi connectivity index (χ0v) is 17.9. The van der Waals surface area contributed by atoms with Crippen molar-refractivity contribution in [3.05, 3.63) is 78.4 Å². The van der Waals surface area contributed by atoms with Gasteiger partial charge in [0.1, 0.15) is 5.75 Å². The molecule has 0 radical (unpaired) electrons. The molecule has 0 aliphatic rings. The minimum Gasteiger partial charge on any atom is -0.493 e. The number of nitrogens with zero attached hydrogens (tertiary/aromatic N) is 1. The fourth-order valence-electron chi connectivity index (χ4n) is 3.12. The highest BCUT2D eigenvalue weighted by atomic mass is 16.5. The Balaban J connectivity index is 1.67. The minimum atomic E-state index is -0.339. The molecule has 0 heterocycles. The number of hydrogen-bond acceptors (Lipinski definition) is 5. The predicted molar refractivity (Wildman–Crippen MR) is 122 cm³/mol. The van der Waals surface area contributed by atoms with Crippen LogP contribution in [-0.2, 0) is 4.79 Å². The maximum absolute atomic E-state index is 12.4. The van der Waals surface area contributed by atoms with Crippen molar-refractivity contribution >= 4 is 11.6 Å². The molecule has 6 nitrogen and oxygen atoms in total. The molecular formula is C25H26N2O4. The van der Waals surface area contributed by atoms with E-state index >= 15 is 0 Å². The Morgan fingerprint density at radius 2 is 1.58 bits per heavy atom. The van der Waals surface area contributed by atoms with Crippen molar-refractivity contribution in [2.75, 3.05) is 20.8 Å². The quantitative estimate of drug-likeness (QED) is 0.405. The number of rotatable bonds is 9. The molecule has 6 heteroatoms. The van der Waals surface area contributed by atoms with Crippen LogP contribution in [0.25, 0.3) is 11.1 Å². The Labute approximate surface area is 182 Å². The molecule has 0 saturated heterocycles. The lowest BCUT2D eigenvalue weighted by Crippen LogP contribution is -2.26. The first-order chi connectivity index (χ1) is 15.2. The third kappa shape index (κ3) is 5.63. The van der Waals surface area contributed by atoms with E-state index in [4.69, 9.17) is 14.2 Å². The molecule has 0 unspecified atom stereocenters. The van der Waals surface area contributed by atoms with E-state index in [2.05, 4.69) is 10.5 Å². The first-order valence-corrected chi connectivity index (χ1v) is 10.0. The molecule has 0 bridgehead atoms. The van der Waals surface area contributed by atoms with Crippen molar-refractivity contribution in [1.82, 2.24) is 5.43 Å². The van der Waals surface area contributed by atoms with Crippen LogP contribution in [0.2, 0.25) is 0 Å². The largest absolute Gasteiger partial charge is 0.493 e. The van der Waals surface area contributed by atoms with Gasteiger partial charge in [0.05, 0.1) is 19.9 Å². The molecule has 3 aromatic carbocycles. The molecule has 0 spiro atoms. The van der Waals surface area contributed by atoms with Crippen molar-refractivity contribution < 1.29 is 19.0 Å². The van der Waals surface area contributed by atoms with Gasteiger partial charge in [-0.1, -0.05) is 55.5 Å². The summed E-state index contributed by atoms with van der Waals surface area (Å²) < 4.78 is 16.4. The molecule has 3 rings (SSSR count). The second-order valence-electron chi connectivity index (χ2n) is 6.67. The summed E-state index contributed by atoms with van der Waals surface area (Å²) in [5.41, 5.74) is 6.10. The number of para-hydroxylation sites is 1. The van der Waals surface area contributed by atoms with Crippen LogP contribution in [0.4, 0.5) is 0 Å². The number of benzene rings is 3. The van der Waals surface area contributed by atoms with Crippen LogP contribution in [0.3, 0.4) is 0 Å². The monoisotopic (exact) mass is 418 g/mol. The Hall–Kier alpha value is -3.80. The van der Waals surface area contributed by atoms with Crippen molar-refractivity contribution in [1.29, 1.82) is 0 Å². The summed E-state index contributed by atoms with van der Waals surface area (Å²) in [5, 5.41) is 4.28. The highest BCUT2D eigenvalue weighted by molar-refractivity contribution is 6.01.